The fraction of sp³-hybridized carbons (Fsp3) is 0. The monoisotopic (exact) mass is 488 g/mol. The number of nitrogens with one attached hydrogen (secondary N) is 2. The summed E-state index contributed by atoms with van der Waals surface area (Å²) in [5.41, 5.74) is 0.960. The van der Waals surface area contributed by atoms with Crippen molar-refractivity contribution in [2.75, 3.05) is 10.6 Å². The lowest BCUT2D eigenvalue weighted by atomic mass is 10.2. The Labute approximate surface area is 205 Å². The summed E-state index contributed by atoms with van der Waals surface area (Å²) in [6.45, 7) is 0. The van der Waals surface area contributed by atoms with Gasteiger partial charge in [-0.1, -0.05) is 0 Å². The van der Waals surface area contributed by atoms with Gasteiger partial charge in [0.25, 0.3) is 0 Å². The molecule has 10 nitrogen and oxygen atoms in total. The molecule has 0 unspecified atom stereocenters. The van der Waals surface area contributed by atoms with Crippen LogP contribution in [0.25, 0.3) is 0 Å². The lowest BCUT2D eigenvalue weighted by Gasteiger charge is -2.10. The lowest BCUT2D eigenvalue weighted by Crippen LogP contribution is -2.08. The fourth-order valence-electron chi connectivity index (χ4n) is 2.72. The Morgan fingerprint density at radius 2 is 0.778 bits per heavy atom. The van der Waals surface area contributed by atoms with E-state index in [2.05, 4.69) is 10.6 Å². The Hall–Kier alpha value is -5.38. The van der Waals surface area contributed by atoms with E-state index in [1.165, 1.54) is 0 Å². The first-order valence-corrected chi connectivity index (χ1v) is 10.4. The minimum atomic E-state index is -1.21. The van der Waals surface area contributed by atoms with Gasteiger partial charge in [0.05, 0.1) is 0 Å². The van der Waals surface area contributed by atoms with E-state index in [9.17, 15) is 19.2 Å². The van der Waals surface area contributed by atoms with E-state index in [0.717, 1.165) is 24.3 Å². The first-order chi connectivity index (χ1) is 17.3. The Morgan fingerprint density at radius 3 is 1.06 bits per heavy atom. The molecule has 10 heteroatoms. The van der Waals surface area contributed by atoms with Crippen LogP contribution in [0.15, 0.2) is 97.1 Å². The van der Waals surface area contributed by atoms with Crippen molar-refractivity contribution < 1.29 is 38.9 Å². The molecule has 0 aliphatic rings. The maximum atomic E-state index is 11.6. The van der Waals surface area contributed by atoms with Crippen LogP contribution >= 0.6 is 0 Å². The first kappa shape index (κ1) is 25.2. The molecule has 0 heterocycles. The third kappa shape index (κ3) is 8.52. The van der Waals surface area contributed by atoms with E-state index in [1.807, 2.05) is 0 Å². The number of aliphatic carboxylic acids is 2. The highest BCUT2D eigenvalue weighted by molar-refractivity contribution is 6.03. The molecule has 0 fully saturated rings. The average molecular weight is 488 g/mol. The van der Waals surface area contributed by atoms with Gasteiger partial charge in [-0.05, 0) is 72.8 Å². The van der Waals surface area contributed by atoms with Gasteiger partial charge in [0.1, 0.15) is 23.0 Å². The third-order valence-electron chi connectivity index (χ3n) is 4.29. The topological polar surface area (TPSA) is 151 Å². The van der Waals surface area contributed by atoms with Gasteiger partial charge < -0.3 is 30.3 Å². The Kier molecular flexibility index (Phi) is 8.55. The molecule has 3 aromatic rings. The number of rotatable bonds is 10. The van der Waals surface area contributed by atoms with Crippen molar-refractivity contribution >= 4 is 35.1 Å². The molecule has 0 radical (unpaired) electrons. The second-order valence-electron chi connectivity index (χ2n) is 7.05. The van der Waals surface area contributed by atoms with Crippen molar-refractivity contribution in [3.63, 3.8) is 0 Å². The van der Waals surface area contributed by atoms with Gasteiger partial charge in [-0.2, -0.15) is 0 Å². The average Bonchev–Trinajstić information content (AvgIpc) is 2.85. The van der Waals surface area contributed by atoms with Gasteiger partial charge >= 0.3 is 11.9 Å². The van der Waals surface area contributed by atoms with Gasteiger partial charge in [-0.3, -0.25) is 9.59 Å². The smallest absolute Gasteiger partial charge is 0.328 e. The number of carbonyl (C=O) groups excluding carboxylic acids is 2. The van der Waals surface area contributed by atoms with E-state index in [4.69, 9.17) is 19.7 Å². The molecule has 2 amide bonds. The second kappa shape index (κ2) is 12.2. The molecule has 0 aliphatic heterocycles. The van der Waals surface area contributed by atoms with E-state index < -0.39 is 23.8 Å². The summed E-state index contributed by atoms with van der Waals surface area (Å²) < 4.78 is 11.5. The number of hydrogen-bond donors (Lipinski definition) is 4. The van der Waals surface area contributed by atoms with Crippen LogP contribution in [-0.2, 0) is 19.2 Å². The lowest BCUT2D eigenvalue weighted by molar-refractivity contribution is -0.132. The van der Waals surface area contributed by atoms with E-state index in [-0.39, 0.29) is 0 Å². The number of hydrogen-bond acceptors (Lipinski definition) is 6. The van der Waals surface area contributed by atoms with Crippen molar-refractivity contribution in [2.24, 2.45) is 0 Å². The minimum Gasteiger partial charge on any atom is -0.478 e. The van der Waals surface area contributed by atoms with Crippen LogP contribution in [0, 0.1) is 0 Å². The number of carbonyl (C=O) groups is 4. The molecule has 0 saturated heterocycles. The van der Waals surface area contributed by atoms with Crippen molar-refractivity contribution in [3.8, 4) is 23.0 Å². The Morgan fingerprint density at radius 1 is 0.500 bits per heavy atom. The number of carboxylic acid groups (broad SMARTS) is 2. The summed E-state index contributed by atoms with van der Waals surface area (Å²) in [6.07, 6.45) is 3.34. The summed E-state index contributed by atoms with van der Waals surface area (Å²) in [4.78, 5) is 44.1. The normalized spacial score (nSPS) is 10.7. The molecule has 3 aromatic carbocycles. The number of carboxylic acids is 2. The highest BCUT2D eigenvalue weighted by Gasteiger charge is 2.04. The van der Waals surface area contributed by atoms with Crippen molar-refractivity contribution in [2.45, 2.75) is 0 Å². The number of benzene rings is 3. The highest BCUT2D eigenvalue weighted by atomic mass is 16.5. The zero-order valence-corrected chi connectivity index (χ0v) is 18.6. The fourth-order valence-corrected chi connectivity index (χ4v) is 2.72. The third-order valence-corrected chi connectivity index (χ3v) is 4.29. The van der Waals surface area contributed by atoms with Gasteiger partial charge in [0, 0.05) is 35.7 Å². The van der Waals surface area contributed by atoms with Gasteiger partial charge in [-0.15, -0.1) is 0 Å². The van der Waals surface area contributed by atoms with Crippen LogP contribution in [0.4, 0.5) is 11.4 Å². The van der Waals surface area contributed by atoms with Gasteiger partial charge in [0.2, 0.25) is 11.8 Å². The van der Waals surface area contributed by atoms with Crippen LogP contribution in [0.5, 0.6) is 23.0 Å². The van der Waals surface area contributed by atoms with E-state index in [1.54, 1.807) is 72.8 Å². The van der Waals surface area contributed by atoms with Gasteiger partial charge in [0.15, 0.2) is 0 Å². The van der Waals surface area contributed by atoms with Crippen molar-refractivity contribution in [1.82, 2.24) is 0 Å². The predicted molar refractivity (Wildman–Crippen MR) is 130 cm³/mol. The summed E-state index contributed by atoms with van der Waals surface area (Å²) in [5, 5.41) is 22.2. The number of anilines is 2. The van der Waals surface area contributed by atoms with Crippen molar-refractivity contribution in [3.05, 3.63) is 97.1 Å². The van der Waals surface area contributed by atoms with Crippen molar-refractivity contribution in [1.29, 1.82) is 0 Å². The van der Waals surface area contributed by atoms with E-state index in [0.29, 0.717) is 34.4 Å². The Bertz CT molecular complexity index is 1190. The molecule has 0 saturated carbocycles. The largest absolute Gasteiger partial charge is 0.478 e. The molecule has 36 heavy (non-hydrogen) atoms. The van der Waals surface area contributed by atoms with E-state index >= 15 is 0 Å². The molecule has 0 aromatic heterocycles. The quantitative estimate of drug-likeness (QED) is 0.306. The number of ether oxygens (including phenoxy) is 2. The maximum Gasteiger partial charge on any atom is 0.328 e. The molecule has 0 atom stereocenters. The summed E-state index contributed by atoms with van der Waals surface area (Å²) in [7, 11) is 0. The van der Waals surface area contributed by atoms with Crippen LogP contribution in [-0.4, -0.2) is 34.0 Å². The zero-order chi connectivity index (χ0) is 25.9. The standard InChI is InChI=1S/C26H20N2O8/c29-23(13-15-25(31)32)27-17-1-5-19(6-2-17)35-21-9-11-22(12-10-21)36-20-7-3-18(4-8-20)28-24(30)14-16-26(33)34/h1-16H,(H,27,29)(H,28,30)(H,31,32)(H,33,34). The molecule has 3 rings (SSSR count). The van der Waals surface area contributed by atoms with Crippen LogP contribution in [0.2, 0.25) is 0 Å². The second-order valence-corrected chi connectivity index (χ2v) is 7.05. The zero-order valence-electron chi connectivity index (χ0n) is 18.6. The minimum absolute atomic E-state index is 0.480. The maximum absolute atomic E-state index is 11.6. The van der Waals surface area contributed by atoms with Crippen LogP contribution in [0.1, 0.15) is 0 Å². The highest BCUT2D eigenvalue weighted by Crippen LogP contribution is 2.28. The van der Waals surface area contributed by atoms with Gasteiger partial charge in [-0.25, -0.2) is 9.59 Å². The molecule has 0 spiro atoms. The summed E-state index contributed by atoms with van der Waals surface area (Å²) in [5.74, 6) is -1.39. The predicted octanol–water partition coefficient (Wildman–Crippen LogP) is 4.43. The summed E-state index contributed by atoms with van der Waals surface area (Å²) in [6, 6.07) is 19.9. The first-order valence-electron chi connectivity index (χ1n) is 10.4. The van der Waals surface area contributed by atoms with Crippen LogP contribution < -0.4 is 20.1 Å². The summed E-state index contributed by atoms with van der Waals surface area (Å²) >= 11 is 0. The molecule has 182 valence electrons. The van der Waals surface area contributed by atoms with Crippen LogP contribution in [0.3, 0.4) is 0 Å². The number of amides is 2. The molecule has 4 N–H and O–H groups in total. The molecular weight excluding hydrogens is 468 g/mol. The molecule has 0 bridgehead atoms. The Balaban J connectivity index is 1.51. The molecule has 0 aliphatic carbocycles. The molecular formula is C26H20N2O8. The SMILES string of the molecule is O=C(O)C=CC(=O)Nc1ccc(Oc2ccc(Oc3ccc(NC(=O)C=CC(=O)O)cc3)cc2)cc1.